The number of hydrogen-bond donors (Lipinski definition) is 5. The van der Waals surface area contributed by atoms with Gasteiger partial charge in [0.15, 0.2) is 0 Å². The zero-order chi connectivity index (χ0) is 27.7. The summed E-state index contributed by atoms with van der Waals surface area (Å²) < 4.78 is 55.4. The second kappa shape index (κ2) is 10.8. The molecule has 1 aliphatic rings. The van der Waals surface area contributed by atoms with Crippen molar-refractivity contribution in [3.63, 3.8) is 0 Å². The number of amidine groups is 1. The molecule has 0 radical (unpaired) electrons. The van der Waals surface area contributed by atoms with Crippen molar-refractivity contribution in [2.75, 3.05) is 26.2 Å². The van der Waals surface area contributed by atoms with E-state index in [4.69, 9.17) is 22.0 Å². The van der Waals surface area contributed by atoms with Gasteiger partial charge in [0.05, 0.1) is 4.90 Å². The lowest BCUT2D eigenvalue weighted by atomic mass is 9.99. The highest BCUT2D eigenvalue weighted by molar-refractivity contribution is 8.07. The number of hydrogen-bond acceptors (Lipinski definition) is 8. The first-order valence-corrected chi connectivity index (χ1v) is 14.9. The largest absolute Gasteiger partial charge is 0.480 e. The lowest BCUT2D eigenvalue weighted by molar-refractivity contribution is -0.138. The molecule has 202 valence electrons. The molecule has 0 spiro atoms. The van der Waals surface area contributed by atoms with Gasteiger partial charge >= 0.3 is 5.97 Å². The van der Waals surface area contributed by atoms with Crippen molar-refractivity contribution in [3.8, 4) is 0 Å². The van der Waals surface area contributed by atoms with Gasteiger partial charge in [-0.1, -0.05) is 42.5 Å². The number of carboxylic acids is 1. The number of aliphatic carboxylic acids is 1. The van der Waals surface area contributed by atoms with Crippen LogP contribution >= 0.6 is 0 Å². The van der Waals surface area contributed by atoms with Crippen molar-refractivity contribution in [2.45, 2.75) is 21.9 Å². The third-order valence-electron chi connectivity index (χ3n) is 6.47. The molecule has 3 aromatic carbocycles. The number of nitrogens with one attached hydrogen (secondary N) is 2. The Morgan fingerprint density at radius 1 is 1.00 bits per heavy atom. The van der Waals surface area contributed by atoms with Crippen LogP contribution in [0.4, 0.5) is 0 Å². The van der Waals surface area contributed by atoms with E-state index in [1.54, 1.807) is 18.2 Å². The highest BCUT2D eigenvalue weighted by Crippen LogP contribution is 2.39. The maximum absolute atomic E-state index is 14.2. The molecule has 0 amide bonds. The molecule has 1 heterocycles. The summed E-state index contributed by atoms with van der Waals surface area (Å²) in [6.07, 6.45) is -0.122. The fourth-order valence-corrected chi connectivity index (χ4v) is 9.30. The number of nitrogens with two attached hydrogens (primary N) is 2. The van der Waals surface area contributed by atoms with Crippen LogP contribution in [0.1, 0.15) is 21.3 Å². The van der Waals surface area contributed by atoms with Crippen molar-refractivity contribution in [1.29, 1.82) is 5.41 Å². The predicted octanol–water partition coefficient (Wildman–Crippen LogP) is 0.786. The lowest BCUT2D eigenvalue weighted by Gasteiger charge is -2.31. The number of fused-ring (bicyclic) bond motifs is 1. The Bertz CT molecular complexity index is 1600. The van der Waals surface area contributed by atoms with Crippen LogP contribution in [0.25, 0.3) is 10.8 Å². The normalized spacial score (nSPS) is 16.7. The van der Waals surface area contributed by atoms with Crippen molar-refractivity contribution < 1.29 is 26.7 Å². The minimum absolute atomic E-state index is 0.0764. The molecule has 4 rings (SSSR count). The van der Waals surface area contributed by atoms with E-state index in [9.17, 15) is 21.6 Å². The predicted molar refractivity (Wildman–Crippen MR) is 144 cm³/mol. The van der Waals surface area contributed by atoms with E-state index >= 15 is 0 Å². The second-order valence-corrected chi connectivity index (χ2v) is 13.4. The van der Waals surface area contributed by atoms with E-state index in [0.717, 1.165) is 9.69 Å². The monoisotopic (exact) mass is 559 g/mol. The summed E-state index contributed by atoms with van der Waals surface area (Å²) in [5.74, 6) is -1.79. The molecule has 0 aromatic heterocycles. The van der Waals surface area contributed by atoms with Gasteiger partial charge in [-0.05, 0) is 46.5 Å². The summed E-state index contributed by atoms with van der Waals surface area (Å²) >= 11 is 0. The average molecular weight is 560 g/mol. The molecule has 0 aliphatic carbocycles. The molecular formula is C25H29N5O6S2. The number of piperazine rings is 1. The summed E-state index contributed by atoms with van der Waals surface area (Å²) in [7, 11) is -9.09. The van der Waals surface area contributed by atoms with Gasteiger partial charge in [0, 0.05) is 31.7 Å². The number of carbonyl (C=O) groups is 1. The molecule has 1 aliphatic heterocycles. The number of nitrogen functional groups attached to an aromatic ring is 1. The van der Waals surface area contributed by atoms with E-state index in [-0.39, 0.29) is 35.5 Å². The van der Waals surface area contributed by atoms with E-state index in [2.05, 4.69) is 5.32 Å². The molecule has 1 fully saturated rings. The van der Waals surface area contributed by atoms with Crippen LogP contribution in [0.2, 0.25) is 0 Å². The molecule has 1 saturated heterocycles. The van der Waals surface area contributed by atoms with Crippen LogP contribution in [0, 0.1) is 5.41 Å². The fraction of sp³-hybridized carbons (Fsp3) is 0.280. The first-order valence-electron chi connectivity index (χ1n) is 11.8. The molecule has 1 unspecified atom stereocenters. The van der Waals surface area contributed by atoms with Gasteiger partial charge < -0.3 is 21.9 Å². The van der Waals surface area contributed by atoms with Gasteiger partial charge in [-0.3, -0.25) is 10.2 Å². The van der Waals surface area contributed by atoms with Crippen LogP contribution in [0.5, 0.6) is 0 Å². The molecular weight excluding hydrogens is 530 g/mol. The van der Waals surface area contributed by atoms with Crippen LogP contribution in [0.15, 0.2) is 65.6 Å². The molecule has 0 saturated carbocycles. The molecule has 2 atom stereocenters. The maximum Gasteiger partial charge on any atom is 0.320 e. The van der Waals surface area contributed by atoms with E-state index in [1.807, 2.05) is 12.1 Å². The molecule has 0 bridgehead atoms. The van der Waals surface area contributed by atoms with Crippen LogP contribution in [0.3, 0.4) is 0 Å². The van der Waals surface area contributed by atoms with Gasteiger partial charge in [0.25, 0.3) is 0 Å². The zero-order valence-electron chi connectivity index (χ0n) is 20.4. The highest BCUT2D eigenvalue weighted by Gasteiger charge is 2.45. The van der Waals surface area contributed by atoms with Gasteiger partial charge in [-0.25, -0.2) is 16.8 Å². The molecule has 38 heavy (non-hydrogen) atoms. The van der Waals surface area contributed by atoms with Gasteiger partial charge in [-0.2, -0.15) is 4.31 Å². The quantitative estimate of drug-likeness (QED) is 0.186. The summed E-state index contributed by atoms with van der Waals surface area (Å²) in [5.41, 5.74) is 11.5. The Kier molecular flexibility index (Phi) is 7.85. The number of benzene rings is 3. The Balaban J connectivity index is 1.92. The van der Waals surface area contributed by atoms with E-state index in [0.29, 0.717) is 24.0 Å². The first-order chi connectivity index (χ1) is 17.9. The fourth-order valence-electron chi connectivity index (χ4n) is 4.50. The van der Waals surface area contributed by atoms with E-state index < -0.39 is 42.3 Å². The average Bonchev–Trinajstić information content (AvgIpc) is 2.89. The van der Waals surface area contributed by atoms with Gasteiger partial charge in [0.1, 0.15) is 11.9 Å². The van der Waals surface area contributed by atoms with Crippen molar-refractivity contribution in [3.05, 3.63) is 77.4 Å². The number of sulfone groups is 1. The Labute approximate surface area is 220 Å². The third-order valence-corrected chi connectivity index (χ3v) is 11.6. The Morgan fingerprint density at radius 2 is 1.66 bits per heavy atom. The van der Waals surface area contributed by atoms with Crippen molar-refractivity contribution in [1.82, 2.24) is 9.62 Å². The summed E-state index contributed by atoms with van der Waals surface area (Å²) in [6.45, 7) is 0.862. The smallest absolute Gasteiger partial charge is 0.320 e. The molecule has 11 nitrogen and oxygen atoms in total. The summed E-state index contributed by atoms with van der Waals surface area (Å²) in [6, 6.07) is 14.3. The Morgan fingerprint density at radius 3 is 2.29 bits per heavy atom. The third kappa shape index (κ3) is 5.42. The maximum atomic E-state index is 14.2. The highest BCUT2D eigenvalue weighted by atomic mass is 32.3. The topological polar surface area (TPSA) is 197 Å². The number of sulfonamides is 1. The zero-order valence-corrected chi connectivity index (χ0v) is 22.0. The number of carboxylic acid groups (broad SMARTS) is 1. The lowest BCUT2D eigenvalue weighted by Crippen LogP contribution is -2.48. The SMILES string of the molecule is N=C(N)c1cc(C[C@H](N)C(=O)O)ccc1C(S(=O)(=O)c1ccc2ccccc2c1)S(=O)(=O)N1CCNCC1. The van der Waals surface area contributed by atoms with Crippen LogP contribution in [-0.4, -0.2) is 70.3 Å². The van der Waals surface area contributed by atoms with Crippen LogP contribution < -0.4 is 16.8 Å². The number of rotatable bonds is 9. The first kappa shape index (κ1) is 27.7. The van der Waals surface area contributed by atoms with Crippen molar-refractivity contribution in [2.24, 2.45) is 11.5 Å². The minimum atomic E-state index is -4.58. The summed E-state index contributed by atoms with van der Waals surface area (Å²) in [5, 5.41) is 21.7. The minimum Gasteiger partial charge on any atom is -0.480 e. The Hall–Kier alpha value is -3.36. The second-order valence-electron chi connectivity index (χ2n) is 9.06. The van der Waals surface area contributed by atoms with E-state index in [1.165, 1.54) is 30.3 Å². The molecule has 3 aromatic rings. The number of nitrogens with zero attached hydrogens (tertiary/aromatic N) is 1. The van der Waals surface area contributed by atoms with Crippen molar-refractivity contribution >= 4 is 42.4 Å². The van der Waals surface area contributed by atoms with Gasteiger partial charge in [-0.15, -0.1) is 0 Å². The molecule has 13 heteroatoms. The van der Waals surface area contributed by atoms with Crippen LogP contribution in [-0.2, 0) is 31.1 Å². The molecule has 7 N–H and O–H groups in total. The standard InChI is InChI=1S/C25H29N5O6S2/c26-22(24(31)32)14-16-5-8-20(21(13-16)23(27)28)25(38(35,36)30-11-9-29-10-12-30)37(33,34)19-7-6-17-3-1-2-4-18(17)15-19/h1-8,13,15,22,25,29H,9-12,14,26H2,(H3,27,28)(H,31,32)/t22-,25?/m0/s1. The summed E-state index contributed by atoms with van der Waals surface area (Å²) in [4.78, 5) is 11.0. The van der Waals surface area contributed by atoms with Gasteiger partial charge in [0.2, 0.25) is 24.4 Å².